The van der Waals surface area contributed by atoms with Gasteiger partial charge < -0.3 is 10.4 Å². The molecule has 14 heavy (non-hydrogen) atoms. The predicted molar refractivity (Wildman–Crippen MR) is 53.0 cm³/mol. The summed E-state index contributed by atoms with van der Waals surface area (Å²) in [6.07, 6.45) is 0.432. The zero-order valence-corrected chi connectivity index (χ0v) is 8.89. The van der Waals surface area contributed by atoms with Crippen molar-refractivity contribution in [3.8, 4) is 0 Å². The van der Waals surface area contributed by atoms with E-state index in [-0.39, 0.29) is 12.5 Å². The van der Waals surface area contributed by atoms with Crippen LogP contribution in [0.15, 0.2) is 0 Å². The first-order valence-electron chi connectivity index (χ1n) is 4.71. The highest BCUT2D eigenvalue weighted by Crippen LogP contribution is 2.08. The molecule has 0 aliphatic heterocycles. The molecule has 0 saturated heterocycles. The highest BCUT2D eigenvalue weighted by Gasteiger charge is 2.30. The first-order chi connectivity index (χ1) is 6.46. The van der Waals surface area contributed by atoms with E-state index in [0.717, 1.165) is 0 Å². The highest BCUT2D eigenvalue weighted by atomic mass is 16.4. The van der Waals surface area contributed by atoms with Crippen molar-refractivity contribution in [3.63, 3.8) is 0 Å². The van der Waals surface area contributed by atoms with Crippen molar-refractivity contribution in [1.29, 1.82) is 0 Å². The van der Waals surface area contributed by atoms with E-state index >= 15 is 0 Å². The van der Waals surface area contributed by atoms with Gasteiger partial charge in [-0.2, -0.15) is 0 Å². The van der Waals surface area contributed by atoms with Crippen molar-refractivity contribution >= 4 is 11.9 Å². The fraction of sp³-hybridized carbons (Fsp3) is 0.778. The van der Waals surface area contributed by atoms with Crippen molar-refractivity contribution in [2.75, 3.05) is 13.1 Å². The zero-order valence-electron chi connectivity index (χ0n) is 8.89. The Morgan fingerprint density at radius 2 is 1.93 bits per heavy atom. The third kappa shape index (κ3) is 3.74. The van der Waals surface area contributed by atoms with E-state index in [1.807, 2.05) is 6.92 Å². The topological polar surface area (TPSA) is 78.4 Å². The van der Waals surface area contributed by atoms with Gasteiger partial charge in [0.05, 0.1) is 6.54 Å². The second kappa shape index (κ2) is 5.59. The predicted octanol–water partition coefficient (Wildman–Crippen LogP) is -0.0346. The van der Waals surface area contributed by atoms with E-state index in [4.69, 9.17) is 5.11 Å². The molecule has 0 fully saturated rings. The van der Waals surface area contributed by atoms with Gasteiger partial charge in [0.2, 0.25) is 5.91 Å². The molecule has 5 nitrogen and oxygen atoms in total. The number of aliphatic carboxylic acids is 1. The fourth-order valence-electron chi connectivity index (χ4n) is 0.887. The van der Waals surface area contributed by atoms with Crippen LogP contribution in [0, 0.1) is 0 Å². The summed E-state index contributed by atoms with van der Waals surface area (Å²) >= 11 is 0. The average molecular weight is 202 g/mol. The number of nitrogens with one attached hydrogen (secondary N) is 2. The van der Waals surface area contributed by atoms with Gasteiger partial charge in [0.25, 0.3) is 0 Å². The van der Waals surface area contributed by atoms with Gasteiger partial charge in [-0.15, -0.1) is 0 Å². The molecule has 0 saturated carbocycles. The van der Waals surface area contributed by atoms with Crippen LogP contribution in [0.2, 0.25) is 0 Å². The number of rotatable bonds is 6. The van der Waals surface area contributed by atoms with Gasteiger partial charge in [-0.25, -0.2) is 0 Å². The molecule has 5 heteroatoms. The lowest BCUT2D eigenvalue weighted by Gasteiger charge is -2.24. The number of carbonyl (C=O) groups excluding carboxylic acids is 1. The summed E-state index contributed by atoms with van der Waals surface area (Å²) in [5.74, 6) is -1.13. The van der Waals surface area contributed by atoms with Gasteiger partial charge in [-0.3, -0.25) is 14.9 Å². The number of carboxylic acids is 1. The van der Waals surface area contributed by atoms with Gasteiger partial charge in [-0.05, 0) is 20.3 Å². The summed E-state index contributed by atoms with van der Waals surface area (Å²) in [5.41, 5.74) is -1.02. The van der Waals surface area contributed by atoms with Crippen molar-refractivity contribution in [2.24, 2.45) is 0 Å². The van der Waals surface area contributed by atoms with E-state index in [9.17, 15) is 9.59 Å². The number of hydrogen-bond acceptors (Lipinski definition) is 3. The lowest BCUT2D eigenvalue weighted by Crippen LogP contribution is -2.52. The molecular formula is C9H18N2O3. The molecule has 82 valence electrons. The second-order valence-corrected chi connectivity index (χ2v) is 3.30. The van der Waals surface area contributed by atoms with Crippen LogP contribution in [0.25, 0.3) is 0 Å². The third-order valence-corrected chi connectivity index (χ3v) is 2.19. The Bertz CT molecular complexity index is 218. The maximum atomic E-state index is 11.1. The summed E-state index contributed by atoms with van der Waals surface area (Å²) in [6, 6.07) is 0. The number of hydrogen-bond donors (Lipinski definition) is 3. The van der Waals surface area contributed by atoms with E-state index in [1.165, 1.54) is 0 Å². The standard InChI is InChI=1S/C9H18N2O3/c1-4-9(3,8(13)14)11-6-7(12)10-5-2/h11H,4-6H2,1-3H3,(H,10,12)(H,13,14). The minimum absolute atomic E-state index is 0.0322. The molecule has 1 amide bonds. The van der Waals surface area contributed by atoms with Crippen LogP contribution < -0.4 is 10.6 Å². The van der Waals surface area contributed by atoms with Crippen LogP contribution in [0.5, 0.6) is 0 Å². The van der Waals surface area contributed by atoms with Crippen LogP contribution in [-0.2, 0) is 9.59 Å². The van der Waals surface area contributed by atoms with E-state index in [1.54, 1.807) is 13.8 Å². The monoisotopic (exact) mass is 202 g/mol. The molecule has 0 aliphatic rings. The maximum absolute atomic E-state index is 11.1. The Hall–Kier alpha value is -1.10. The third-order valence-electron chi connectivity index (χ3n) is 2.19. The maximum Gasteiger partial charge on any atom is 0.323 e. The lowest BCUT2D eigenvalue weighted by molar-refractivity contribution is -0.144. The molecule has 0 aromatic heterocycles. The Labute approximate surface area is 83.9 Å². The van der Waals surface area contributed by atoms with Gasteiger partial charge in [-0.1, -0.05) is 6.92 Å². The molecular weight excluding hydrogens is 184 g/mol. The molecule has 0 rings (SSSR count). The molecule has 0 bridgehead atoms. The van der Waals surface area contributed by atoms with E-state index in [0.29, 0.717) is 13.0 Å². The van der Waals surface area contributed by atoms with Crippen molar-refractivity contribution in [3.05, 3.63) is 0 Å². The van der Waals surface area contributed by atoms with Gasteiger partial charge in [0.15, 0.2) is 0 Å². The summed E-state index contributed by atoms with van der Waals surface area (Å²) in [7, 11) is 0. The van der Waals surface area contributed by atoms with E-state index < -0.39 is 11.5 Å². The molecule has 0 radical (unpaired) electrons. The molecule has 0 aromatic carbocycles. The normalized spacial score (nSPS) is 14.5. The molecule has 3 N–H and O–H groups in total. The smallest absolute Gasteiger partial charge is 0.323 e. The summed E-state index contributed by atoms with van der Waals surface area (Å²) in [6.45, 7) is 5.72. The molecule has 0 aromatic rings. The SMILES string of the molecule is CCNC(=O)CNC(C)(CC)C(=O)O. The fourth-order valence-corrected chi connectivity index (χ4v) is 0.887. The van der Waals surface area contributed by atoms with Crippen molar-refractivity contribution < 1.29 is 14.7 Å². The summed E-state index contributed by atoms with van der Waals surface area (Å²) in [5, 5.41) is 14.2. The Morgan fingerprint density at radius 3 is 2.29 bits per heavy atom. The highest BCUT2D eigenvalue weighted by molar-refractivity contribution is 5.81. The van der Waals surface area contributed by atoms with Gasteiger partial charge in [0.1, 0.15) is 5.54 Å². The van der Waals surface area contributed by atoms with E-state index in [2.05, 4.69) is 10.6 Å². The average Bonchev–Trinajstić information content (AvgIpc) is 2.14. The van der Waals surface area contributed by atoms with Gasteiger partial charge >= 0.3 is 5.97 Å². The Kier molecular flexibility index (Phi) is 5.15. The van der Waals surface area contributed by atoms with Crippen LogP contribution in [0.4, 0.5) is 0 Å². The van der Waals surface area contributed by atoms with Gasteiger partial charge in [0, 0.05) is 6.54 Å². The van der Waals surface area contributed by atoms with Crippen LogP contribution in [-0.4, -0.2) is 35.6 Å². The largest absolute Gasteiger partial charge is 0.480 e. The lowest BCUT2D eigenvalue weighted by atomic mass is 9.99. The van der Waals surface area contributed by atoms with Crippen LogP contribution >= 0.6 is 0 Å². The number of amides is 1. The second-order valence-electron chi connectivity index (χ2n) is 3.30. The molecule has 0 heterocycles. The van der Waals surface area contributed by atoms with Crippen molar-refractivity contribution in [2.45, 2.75) is 32.7 Å². The minimum atomic E-state index is -1.02. The molecule has 1 unspecified atom stereocenters. The number of carboxylic acid groups (broad SMARTS) is 1. The Balaban J connectivity index is 4.08. The first kappa shape index (κ1) is 12.9. The molecule has 1 atom stereocenters. The van der Waals surface area contributed by atoms with Crippen molar-refractivity contribution in [1.82, 2.24) is 10.6 Å². The molecule has 0 spiro atoms. The minimum Gasteiger partial charge on any atom is -0.480 e. The first-order valence-corrected chi connectivity index (χ1v) is 4.71. The molecule has 0 aliphatic carbocycles. The number of carbonyl (C=O) groups is 2. The summed E-state index contributed by atoms with van der Waals surface area (Å²) in [4.78, 5) is 21.9. The Morgan fingerprint density at radius 1 is 1.36 bits per heavy atom. The summed E-state index contributed by atoms with van der Waals surface area (Å²) < 4.78 is 0. The number of likely N-dealkylation sites (N-methyl/N-ethyl adjacent to an activating group) is 1. The zero-order chi connectivity index (χ0) is 11.2. The van der Waals surface area contributed by atoms with Crippen LogP contribution in [0.3, 0.4) is 0 Å². The van der Waals surface area contributed by atoms with Crippen LogP contribution in [0.1, 0.15) is 27.2 Å². The quantitative estimate of drug-likeness (QED) is 0.565.